The predicted molar refractivity (Wildman–Crippen MR) is 92.9 cm³/mol. The van der Waals surface area contributed by atoms with E-state index in [0.717, 1.165) is 44.6 Å². The van der Waals surface area contributed by atoms with Gasteiger partial charge in [0.25, 0.3) is 0 Å². The second-order valence-corrected chi connectivity index (χ2v) is 6.24. The van der Waals surface area contributed by atoms with Crippen LogP contribution in [0.25, 0.3) is 0 Å². The second kappa shape index (κ2) is 8.18. The smallest absolute Gasteiger partial charge is 0.0607 e. The molecule has 122 valence electrons. The third-order valence-corrected chi connectivity index (χ3v) is 4.60. The van der Waals surface area contributed by atoms with Crippen molar-refractivity contribution in [1.82, 2.24) is 14.9 Å². The molecule has 0 amide bonds. The molecule has 1 aliphatic carbocycles. The maximum Gasteiger partial charge on any atom is 0.0607 e. The number of nitrogens with zero attached hydrogens (tertiary/aromatic N) is 3. The summed E-state index contributed by atoms with van der Waals surface area (Å²) in [7, 11) is 0. The molecule has 0 spiro atoms. The lowest BCUT2D eigenvalue weighted by Crippen LogP contribution is -2.33. The Kier molecular flexibility index (Phi) is 5.72. The van der Waals surface area contributed by atoms with Crippen LogP contribution >= 0.6 is 0 Å². The molecule has 3 rings (SSSR count). The maximum absolute atomic E-state index is 5.68. The van der Waals surface area contributed by atoms with Crippen LogP contribution in [0.1, 0.15) is 48.7 Å². The average Bonchev–Trinajstić information content (AvgIpc) is 2.61. The van der Waals surface area contributed by atoms with Crippen LogP contribution in [0.2, 0.25) is 0 Å². The number of fused-ring (bicyclic) bond motifs is 1. The van der Waals surface area contributed by atoms with Crippen molar-refractivity contribution in [3.63, 3.8) is 0 Å². The van der Waals surface area contributed by atoms with Crippen LogP contribution < -0.4 is 5.73 Å². The van der Waals surface area contributed by atoms with E-state index in [0.29, 0.717) is 6.04 Å². The fourth-order valence-corrected chi connectivity index (χ4v) is 3.44. The normalized spacial score (nSPS) is 17.2. The van der Waals surface area contributed by atoms with Crippen molar-refractivity contribution in [3.8, 4) is 0 Å². The molecule has 4 heteroatoms. The number of rotatable bonds is 7. The summed E-state index contributed by atoms with van der Waals surface area (Å²) >= 11 is 0. The molecule has 0 fully saturated rings. The summed E-state index contributed by atoms with van der Waals surface area (Å²) in [4.78, 5) is 11.8. The van der Waals surface area contributed by atoms with Gasteiger partial charge in [0.15, 0.2) is 0 Å². The van der Waals surface area contributed by atoms with E-state index in [-0.39, 0.29) is 0 Å². The second-order valence-electron chi connectivity index (χ2n) is 6.24. The van der Waals surface area contributed by atoms with Gasteiger partial charge in [-0.05, 0) is 69.0 Å². The molecule has 2 aromatic heterocycles. The van der Waals surface area contributed by atoms with Gasteiger partial charge in [-0.15, -0.1) is 0 Å². The van der Waals surface area contributed by atoms with E-state index < -0.39 is 0 Å². The van der Waals surface area contributed by atoms with Crippen molar-refractivity contribution < 1.29 is 0 Å². The Hall–Kier alpha value is -1.78. The molecule has 2 aromatic rings. The summed E-state index contributed by atoms with van der Waals surface area (Å²) in [5.74, 6) is 0. The van der Waals surface area contributed by atoms with Crippen LogP contribution in [0, 0.1) is 0 Å². The van der Waals surface area contributed by atoms with Gasteiger partial charge in [-0.1, -0.05) is 12.1 Å². The molecular formula is C19H26N4. The summed E-state index contributed by atoms with van der Waals surface area (Å²) in [5, 5.41) is 0. The first-order valence-corrected chi connectivity index (χ1v) is 8.66. The number of aryl methyl sites for hydroxylation is 1. The van der Waals surface area contributed by atoms with Gasteiger partial charge in [0.2, 0.25) is 0 Å². The van der Waals surface area contributed by atoms with Gasteiger partial charge in [-0.3, -0.25) is 14.9 Å². The lowest BCUT2D eigenvalue weighted by Gasteiger charge is -2.35. The fraction of sp³-hybridized carbons (Fsp3) is 0.474. The van der Waals surface area contributed by atoms with Crippen LogP contribution in [0.4, 0.5) is 0 Å². The minimum Gasteiger partial charge on any atom is -0.330 e. The van der Waals surface area contributed by atoms with Gasteiger partial charge >= 0.3 is 0 Å². The third-order valence-electron chi connectivity index (χ3n) is 4.60. The van der Waals surface area contributed by atoms with Crippen molar-refractivity contribution >= 4 is 0 Å². The standard InChI is InChI=1S/C19H26N4/c20-11-2-4-14-23(15-17-9-1-3-12-21-17)18-10-5-7-16-8-6-13-22-19(16)18/h1,3,6,8-9,12-13,18H,2,4-5,7,10-11,14-15,20H2. The molecule has 23 heavy (non-hydrogen) atoms. The van der Waals surface area contributed by atoms with E-state index in [9.17, 15) is 0 Å². The SMILES string of the molecule is NCCCCN(Cc1ccccn1)C1CCCc2cccnc21. The van der Waals surface area contributed by atoms with Gasteiger partial charge in [-0.25, -0.2) is 0 Å². The minimum absolute atomic E-state index is 0.403. The number of aromatic nitrogens is 2. The van der Waals surface area contributed by atoms with Crippen molar-refractivity contribution in [2.45, 2.75) is 44.7 Å². The van der Waals surface area contributed by atoms with Crippen LogP contribution in [0.5, 0.6) is 0 Å². The first-order chi connectivity index (χ1) is 11.4. The summed E-state index contributed by atoms with van der Waals surface area (Å²) < 4.78 is 0. The van der Waals surface area contributed by atoms with E-state index in [1.165, 1.54) is 24.1 Å². The Bertz CT molecular complexity index is 599. The maximum atomic E-state index is 5.68. The third kappa shape index (κ3) is 4.15. The molecule has 0 saturated carbocycles. The topological polar surface area (TPSA) is 55.0 Å². The Morgan fingerprint density at radius 2 is 2.00 bits per heavy atom. The van der Waals surface area contributed by atoms with E-state index in [2.05, 4.69) is 34.1 Å². The van der Waals surface area contributed by atoms with E-state index in [1.54, 1.807) is 0 Å². The van der Waals surface area contributed by atoms with Crippen molar-refractivity contribution in [2.75, 3.05) is 13.1 Å². The molecule has 1 atom stereocenters. The molecule has 0 saturated heterocycles. The van der Waals surface area contributed by atoms with Crippen LogP contribution in [-0.4, -0.2) is 28.0 Å². The lowest BCUT2D eigenvalue weighted by atomic mass is 9.90. The van der Waals surface area contributed by atoms with Crippen LogP contribution in [0.15, 0.2) is 42.7 Å². The van der Waals surface area contributed by atoms with E-state index >= 15 is 0 Å². The van der Waals surface area contributed by atoms with Gasteiger partial charge in [-0.2, -0.15) is 0 Å². The molecule has 2 heterocycles. The highest BCUT2D eigenvalue weighted by Crippen LogP contribution is 2.33. The fourth-order valence-electron chi connectivity index (χ4n) is 3.44. The zero-order valence-corrected chi connectivity index (χ0v) is 13.7. The molecular weight excluding hydrogens is 284 g/mol. The average molecular weight is 310 g/mol. The quantitative estimate of drug-likeness (QED) is 0.798. The zero-order chi connectivity index (χ0) is 15.9. The van der Waals surface area contributed by atoms with Gasteiger partial charge < -0.3 is 5.73 Å². The molecule has 4 nitrogen and oxygen atoms in total. The number of unbranched alkanes of at least 4 members (excludes halogenated alkanes) is 1. The molecule has 1 unspecified atom stereocenters. The van der Waals surface area contributed by atoms with Crippen molar-refractivity contribution in [1.29, 1.82) is 0 Å². The number of nitrogens with two attached hydrogens (primary N) is 1. The summed E-state index contributed by atoms with van der Waals surface area (Å²) in [6.07, 6.45) is 9.57. The zero-order valence-electron chi connectivity index (χ0n) is 13.7. The van der Waals surface area contributed by atoms with E-state index in [4.69, 9.17) is 10.7 Å². The first kappa shape index (κ1) is 16.1. The largest absolute Gasteiger partial charge is 0.330 e. The highest BCUT2D eigenvalue weighted by atomic mass is 15.2. The molecule has 0 aromatic carbocycles. The predicted octanol–water partition coefficient (Wildman–Crippen LogP) is 3.10. The number of hydrogen-bond donors (Lipinski definition) is 1. The summed E-state index contributed by atoms with van der Waals surface area (Å²) in [6, 6.07) is 10.8. The Labute approximate surface area is 138 Å². The lowest BCUT2D eigenvalue weighted by molar-refractivity contribution is 0.161. The molecule has 1 aliphatic rings. The Morgan fingerprint density at radius 1 is 1.09 bits per heavy atom. The summed E-state index contributed by atoms with van der Waals surface area (Å²) in [6.45, 7) is 2.69. The highest BCUT2D eigenvalue weighted by molar-refractivity contribution is 5.25. The number of hydrogen-bond acceptors (Lipinski definition) is 4. The van der Waals surface area contributed by atoms with Crippen LogP contribution in [0.3, 0.4) is 0 Å². The molecule has 0 radical (unpaired) electrons. The van der Waals surface area contributed by atoms with Crippen molar-refractivity contribution in [2.24, 2.45) is 5.73 Å². The highest BCUT2D eigenvalue weighted by Gasteiger charge is 2.27. The van der Waals surface area contributed by atoms with Gasteiger partial charge in [0.1, 0.15) is 0 Å². The summed E-state index contributed by atoms with van der Waals surface area (Å²) in [5.41, 5.74) is 9.48. The molecule has 0 aliphatic heterocycles. The molecule has 0 bridgehead atoms. The first-order valence-electron chi connectivity index (χ1n) is 8.66. The molecule has 2 N–H and O–H groups in total. The minimum atomic E-state index is 0.403. The van der Waals surface area contributed by atoms with E-state index in [1.807, 2.05) is 18.5 Å². The van der Waals surface area contributed by atoms with Crippen molar-refractivity contribution in [3.05, 3.63) is 59.7 Å². The Morgan fingerprint density at radius 3 is 2.83 bits per heavy atom. The van der Waals surface area contributed by atoms with Gasteiger partial charge in [0.05, 0.1) is 17.4 Å². The Balaban J connectivity index is 1.80. The van der Waals surface area contributed by atoms with Crippen LogP contribution in [-0.2, 0) is 13.0 Å². The monoisotopic (exact) mass is 310 g/mol. The number of pyridine rings is 2. The van der Waals surface area contributed by atoms with Gasteiger partial charge in [0, 0.05) is 18.9 Å².